The molecular weight excluding hydrogens is 650 g/mol. The Morgan fingerprint density at radius 3 is 2.57 bits per heavy atom. The fraction of sp³-hybridized carbons (Fsp3) is 0.514. The molecule has 4 aliphatic rings. The van der Waals surface area contributed by atoms with Gasteiger partial charge in [0.1, 0.15) is 17.4 Å². The van der Waals surface area contributed by atoms with Crippen LogP contribution in [0, 0.1) is 24.7 Å². The second kappa shape index (κ2) is 13.8. The van der Waals surface area contributed by atoms with Gasteiger partial charge in [0.15, 0.2) is 0 Å². The molecule has 0 bridgehead atoms. The molecule has 0 unspecified atom stereocenters. The number of fused-ring (bicyclic) bond motifs is 2. The number of anilines is 1. The minimum absolute atomic E-state index is 0.0482. The maximum atomic E-state index is 14.0. The van der Waals surface area contributed by atoms with Gasteiger partial charge in [-0.2, -0.15) is 0 Å². The molecule has 3 aliphatic carbocycles. The number of carbonyl (C=O) groups is 4. The van der Waals surface area contributed by atoms with E-state index in [4.69, 9.17) is 9.47 Å². The van der Waals surface area contributed by atoms with Crippen molar-refractivity contribution in [1.29, 1.82) is 0 Å². The van der Waals surface area contributed by atoms with Crippen molar-refractivity contribution in [3.05, 3.63) is 54.2 Å². The average molecular weight is 694 g/mol. The van der Waals surface area contributed by atoms with Gasteiger partial charge in [0, 0.05) is 37.3 Å². The molecule has 1 aromatic carbocycles. The van der Waals surface area contributed by atoms with E-state index in [-0.39, 0.29) is 31.1 Å². The molecule has 3 saturated carbocycles. The summed E-state index contributed by atoms with van der Waals surface area (Å²) < 4.78 is 38.7. The molecule has 5 atom stereocenters. The number of allylic oxidation sites excluding steroid dienone is 1. The summed E-state index contributed by atoms with van der Waals surface area (Å²) in [6.07, 6.45) is 7.63. The lowest BCUT2D eigenvalue weighted by Crippen LogP contribution is -2.54. The van der Waals surface area contributed by atoms with Crippen molar-refractivity contribution in [2.75, 3.05) is 26.0 Å². The van der Waals surface area contributed by atoms with Gasteiger partial charge in [-0.05, 0) is 82.1 Å². The monoisotopic (exact) mass is 693 g/mol. The Kier molecular flexibility index (Phi) is 9.70. The minimum atomic E-state index is -3.85. The van der Waals surface area contributed by atoms with Gasteiger partial charge < -0.3 is 19.7 Å². The maximum Gasteiger partial charge on any atom is 0.411 e. The molecule has 6 rings (SSSR count). The quantitative estimate of drug-likeness (QED) is 0.366. The Hall–Kier alpha value is -4.46. The lowest BCUT2D eigenvalue weighted by atomic mass is 9.93. The number of hydrogen-bond acceptors (Lipinski definition) is 9. The summed E-state index contributed by atoms with van der Waals surface area (Å²) in [7, 11) is -0.637. The fourth-order valence-electron chi connectivity index (χ4n) is 6.79. The predicted molar refractivity (Wildman–Crippen MR) is 181 cm³/mol. The van der Waals surface area contributed by atoms with Crippen LogP contribution in [0.4, 0.5) is 10.5 Å². The summed E-state index contributed by atoms with van der Waals surface area (Å²) in [6.45, 7) is 2.43. The molecule has 2 aromatic rings. The molecule has 14 heteroatoms. The molecule has 262 valence electrons. The minimum Gasteiger partial charge on any atom is -0.497 e. The molecule has 1 aliphatic heterocycles. The second-order valence-corrected chi connectivity index (χ2v) is 15.6. The zero-order valence-electron chi connectivity index (χ0n) is 27.9. The van der Waals surface area contributed by atoms with Gasteiger partial charge in [-0.15, -0.1) is 0 Å². The normalized spacial score (nSPS) is 27.2. The predicted octanol–water partition coefficient (Wildman–Crippen LogP) is 3.69. The number of pyridine rings is 1. The van der Waals surface area contributed by atoms with E-state index in [1.165, 1.54) is 7.11 Å². The van der Waals surface area contributed by atoms with Crippen molar-refractivity contribution in [3.8, 4) is 17.0 Å². The van der Waals surface area contributed by atoms with Crippen LogP contribution in [0.15, 0.2) is 48.7 Å². The number of nitrogens with zero attached hydrogens (tertiary/aromatic N) is 2. The maximum absolute atomic E-state index is 14.0. The molecule has 13 nitrogen and oxygen atoms in total. The van der Waals surface area contributed by atoms with Gasteiger partial charge in [0.25, 0.3) is 5.91 Å². The standard InChI is InChI=1S/C35H43N5O8S/c1-21-9-14-29(36-20-21)26-13-10-23(47-3)18-30(26)37-34(44)48-24-16-27-28(17-24)32(42)40(2)15-7-5-4-6-8-22-19-35(22,38-31(27)41)33(43)39-49(45,46)25-11-12-25/h6,8-10,13-14,18,20,22,24-25,27-28H,4-5,7,11-12,15-17,19H2,1-3H3,(H,37,44)(H,38,41)(H,39,43)/t22-,24-,27-,28-,35-/m1/s1. The number of methoxy groups -OCH3 is 1. The van der Waals surface area contributed by atoms with Crippen LogP contribution in [0.3, 0.4) is 0 Å². The molecule has 4 amide bonds. The third-order valence-corrected chi connectivity index (χ3v) is 11.7. The van der Waals surface area contributed by atoms with E-state index in [1.54, 1.807) is 36.3 Å². The van der Waals surface area contributed by atoms with E-state index >= 15 is 0 Å². The summed E-state index contributed by atoms with van der Waals surface area (Å²) in [5.74, 6) is -3.15. The number of sulfonamides is 1. The summed E-state index contributed by atoms with van der Waals surface area (Å²) in [4.78, 5) is 60.6. The van der Waals surface area contributed by atoms with Crippen LogP contribution >= 0.6 is 0 Å². The first-order valence-electron chi connectivity index (χ1n) is 16.8. The van der Waals surface area contributed by atoms with Crippen LogP contribution in [0.2, 0.25) is 0 Å². The fourth-order valence-corrected chi connectivity index (χ4v) is 8.15. The Morgan fingerprint density at radius 1 is 1.08 bits per heavy atom. The van der Waals surface area contributed by atoms with E-state index in [0.29, 0.717) is 42.1 Å². The van der Waals surface area contributed by atoms with Gasteiger partial charge in [0.05, 0.1) is 35.6 Å². The van der Waals surface area contributed by atoms with Crippen molar-refractivity contribution in [3.63, 3.8) is 0 Å². The SMILES string of the molecule is COc1ccc(-c2ccc(C)cn2)c(NC(=O)O[C@@H]2C[C@H]3C(=O)N[C@]4(C(=O)NS(=O)(=O)C5CC5)C[C@H]4C=CCCCCN(C)C(=O)[C@@H]3C2)c1. The van der Waals surface area contributed by atoms with E-state index in [2.05, 4.69) is 20.3 Å². The molecule has 3 fully saturated rings. The third-order valence-electron chi connectivity index (χ3n) is 9.92. The zero-order valence-corrected chi connectivity index (χ0v) is 28.8. The first kappa shape index (κ1) is 34.4. The molecule has 0 saturated heterocycles. The number of amides is 4. The first-order chi connectivity index (χ1) is 23.4. The number of rotatable bonds is 7. The van der Waals surface area contributed by atoms with Crippen molar-refractivity contribution >= 4 is 39.5 Å². The molecule has 1 aromatic heterocycles. The van der Waals surface area contributed by atoms with Crippen LogP contribution in [0.1, 0.15) is 56.9 Å². The van der Waals surface area contributed by atoms with Crippen LogP contribution < -0.4 is 20.1 Å². The van der Waals surface area contributed by atoms with Crippen LogP contribution in [-0.4, -0.2) is 79.7 Å². The number of carbonyl (C=O) groups excluding carboxylic acids is 4. The topological polar surface area (TPSA) is 173 Å². The Balaban J connectivity index is 1.21. The lowest BCUT2D eigenvalue weighted by Gasteiger charge is -2.26. The summed E-state index contributed by atoms with van der Waals surface area (Å²) >= 11 is 0. The largest absolute Gasteiger partial charge is 0.497 e. The average Bonchev–Trinajstić information content (AvgIpc) is 3.99. The first-order valence-corrected chi connectivity index (χ1v) is 18.3. The van der Waals surface area contributed by atoms with E-state index < -0.39 is 56.7 Å². The summed E-state index contributed by atoms with van der Waals surface area (Å²) in [6, 6.07) is 8.96. The van der Waals surface area contributed by atoms with Crippen LogP contribution in [0.25, 0.3) is 11.3 Å². The Bertz CT molecular complexity index is 1760. The van der Waals surface area contributed by atoms with Crippen molar-refractivity contribution in [2.45, 2.75) is 75.2 Å². The molecule has 2 heterocycles. The van der Waals surface area contributed by atoms with Crippen LogP contribution in [-0.2, 0) is 29.1 Å². The van der Waals surface area contributed by atoms with Gasteiger partial charge in [-0.1, -0.05) is 18.2 Å². The van der Waals surface area contributed by atoms with E-state index in [9.17, 15) is 27.6 Å². The Labute approximate surface area is 286 Å². The van der Waals surface area contributed by atoms with Crippen molar-refractivity contribution in [2.24, 2.45) is 17.8 Å². The number of aromatic nitrogens is 1. The zero-order chi connectivity index (χ0) is 34.9. The third kappa shape index (κ3) is 7.58. The molecule has 3 N–H and O–H groups in total. The van der Waals surface area contributed by atoms with E-state index in [1.807, 2.05) is 31.2 Å². The summed E-state index contributed by atoms with van der Waals surface area (Å²) in [5.41, 5.74) is 1.23. The highest BCUT2D eigenvalue weighted by atomic mass is 32.2. The van der Waals surface area contributed by atoms with Gasteiger partial charge >= 0.3 is 6.09 Å². The van der Waals surface area contributed by atoms with Gasteiger partial charge in [0.2, 0.25) is 21.8 Å². The van der Waals surface area contributed by atoms with Crippen LogP contribution in [0.5, 0.6) is 5.75 Å². The highest BCUT2D eigenvalue weighted by molar-refractivity contribution is 7.91. The molecule has 49 heavy (non-hydrogen) atoms. The smallest absolute Gasteiger partial charge is 0.411 e. The summed E-state index contributed by atoms with van der Waals surface area (Å²) in [5, 5.41) is 5.04. The number of nitrogens with one attached hydrogen (secondary N) is 3. The number of aryl methyl sites for hydroxylation is 1. The number of benzene rings is 1. The Morgan fingerprint density at radius 2 is 1.86 bits per heavy atom. The lowest BCUT2D eigenvalue weighted by molar-refractivity contribution is -0.140. The molecular formula is C35H43N5O8S. The number of ether oxygens (including phenoxy) is 2. The van der Waals surface area contributed by atoms with Crippen molar-refractivity contribution in [1.82, 2.24) is 19.9 Å². The highest BCUT2D eigenvalue weighted by Gasteiger charge is 2.62. The van der Waals surface area contributed by atoms with E-state index in [0.717, 1.165) is 24.8 Å². The second-order valence-electron chi connectivity index (χ2n) is 13.6. The highest BCUT2D eigenvalue weighted by Crippen LogP contribution is 2.47. The van der Waals surface area contributed by atoms with Gasteiger partial charge in [-0.3, -0.25) is 29.4 Å². The van der Waals surface area contributed by atoms with Crippen molar-refractivity contribution < 1.29 is 37.1 Å². The number of hydrogen-bond donors (Lipinski definition) is 3. The molecule has 0 radical (unpaired) electrons. The van der Waals surface area contributed by atoms with Gasteiger partial charge in [-0.25, -0.2) is 13.2 Å². The molecule has 0 spiro atoms.